The Hall–Kier alpha value is -2.08. The van der Waals surface area contributed by atoms with Crippen molar-refractivity contribution in [3.8, 4) is 0 Å². The Morgan fingerprint density at radius 3 is 2.50 bits per heavy atom. The Labute approximate surface area is 134 Å². The molecule has 1 aromatic heterocycles. The number of imidazole rings is 1. The molecule has 1 N–H and O–H groups in total. The van der Waals surface area contributed by atoms with E-state index in [1.807, 2.05) is 24.7 Å². The molecule has 0 aliphatic heterocycles. The second-order valence-corrected chi connectivity index (χ2v) is 6.13. The van der Waals surface area contributed by atoms with Crippen LogP contribution in [0.4, 0.5) is 5.69 Å². The Kier molecular flexibility index (Phi) is 5.38. The lowest BCUT2D eigenvalue weighted by Crippen LogP contribution is -2.25. The summed E-state index contributed by atoms with van der Waals surface area (Å²) >= 11 is 1.44. The van der Waals surface area contributed by atoms with Crippen LogP contribution in [0, 0.1) is 0 Å². The van der Waals surface area contributed by atoms with Crippen LogP contribution in [-0.2, 0) is 11.8 Å². The molecule has 1 heterocycles. The Morgan fingerprint density at radius 2 is 2.00 bits per heavy atom. The van der Waals surface area contributed by atoms with Crippen LogP contribution in [-0.4, -0.2) is 26.5 Å². The number of benzene rings is 1. The van der Waals surface area contributed by atoms with Crippen LogP contribution in [0.5, 0.6) is 0 Å². The number of anilines is 1. The van der Waals surface area contributed by atoms with Gasteiger partial charge in [0.1, 0.15) is 0 Å². The SMILES string of the molecule is CC[C@H](Sc1nccn1C)C(=O)Nc1ccc(C(C)=O)cc1. The number of hydrogen-bond acceptors (Lipinski definition) is 4. The number of carbonyl (C=O) groups excluding carboxylic acids is 2. The average Bonchev–Trinajstić information content (AvgIpc) is 2.90. The van der Waals surface area contributed by atoms with Crippen LogP contribution >= 0.6 is 11.8 Å². The minimum absolute atomic E-state index is 0.00893. The largest absolute Gasteiger partial charge is 0.329 e. The third-order valence-electron chi connectivity index (χ3n) is 3.25. The van der Waals surface area contributed by atoms with Gasteiger partial charge in [0, 0.05) is 30.7 Å². The fourth-order valence-electron chi connectivity index (χ4n) is 1.93. The van der Waals surface area contributed by atoms with Gasteiger partial charge in [0.2, 0.25) is 5.91 Å². The third kappa shape index (κ3) is 3.98. The van der Waals surface area contributed by atoms with E-state index in [-0.39, 0.29) is 16.9 Å². The summed E-state index contributed by atoms with van der Waals surface area (Å²) in [7, 11) is 1.90. The number of thioether (sulfide) groups is 1. The maximum Gasteiger partial charge on any atom is 0.237 e. The van der Waals surface area contributed by atoms with Gasteiger partial charge in [-0.05, 0) is 37.6 Å². The highest BCUT2D eigenvalue weighted by Gasteiger charge is 2.20. The molecule has 0 radical (unpaired) electrons. The molecule has 0 fully saturated rings. The number of aryl methyl sites for hydroxylation is 1. The van der Waals surface area contributed by atoms with Crippen molar-refractivity contribution in [3.63, 3.8) is 0 Å². The van der Waals surface area contributed by atoms with E-state index >= 15 is 0 Å². The average molecular weight is 317 g/mol. The molecule has 22 heavy (non-hydrogen) atoms. The Balaban J connectivity index is 2.02. The van der Waals surface area contributed by atoms with Gasteiger partial charge >= 0.3 is 0 Å². The van der Waals surface area contributed by atoms with Crippen molar-refractivity contribution in [2.24, 2.45) is 7.05 Å². The van der Waals surface area contributed by atoms with Gasteiger partial charge in [-0.2, -0.15) is 0 Å². The maximum atomic E-state index is 12.4. The molecule has 6 heteroatoms. The number of carbonyl (C=O) groups is 2. The Morgan fingerprint density at radius 1 is 1.32 bits per heavy atom. The molecule has 0 bridgehead atoms. The first kappa shape index (κ1) is 16.3. The number of nitrogens with one attached hydrogen (secondary N) is 1. The van der Waals surface area contributed by atoms with Gasteiger partial charge in [-0.1, -0.05) is 18.7 Å². The summed E-state index contributed by atoms with van der Waals surface area (Å²) in [5.41, 5.74) is 1.32. The van der Waals surface area contributed by atoms with Crippen molar-refractivity contribution in [1.29, 1.82) is 0 Å². The summed E-state index contributed by atoms with van der Waals surface area (Å²) < 4.78 is 1.89. The molecule has 0 saturated heterocycles. The number of amides is 1. The fraction of sp³-hybridized carbons (Fsp3) is 0.312. The molecule has 0 aliphatic rings. The minimum atomic E-state index is -0.214. The molecular weight excluding hydrogens is 298 g/mol. The zero-order chi connectivity index (χ0) is 16.1. The number of rotatable bonds is 6. The topological polar surface area (TPSA) is 64.0 Å². The smallest absolute Gasteiger partial charge is 0.237 e. The lowest BCUT2D eigenvalue weighted by Gasteiger charge is -2.14. The number of hydrogen-bond donors (Lipinski definition) is 1. The van der Waals surface area contributed by atoms with E-state index in [0.29, 0.717) is 17.7 Å². The number of Topliss-reactive ketones (excluding diaryl/α,β-unsaturated/α-hetero) is 1. The lowest BCUT2D eigenvalue weighted by atomic mass is 10.1. The van der Waals surface area contributed by atoms with Gasteiger partial charge in [0.15, 0.2) is 10.9 Å². The van der Waals surface area contributed by atoms with Crippen molar-refractivity contribution in [2.45, 2.75) is 30.7 Å². The van der Waals surface area contributed by atoms with Crippen molar-refractivity contribution in [2.75, 3.05) is 5.32 Å². The number of ketones is 1. The minimum Gasteiger partial charge on any atom is -0.329 e. The highest BCUT2D eigenvalue weighted by atomic mass is 32.2. The van der Waals surface area contributed by atoms with E-state index in [0.717, 1.165) is 5.16 Å². The molecule has 116 valence electrons. The van der Waals surface area contributed by atoms with Crippen molar-refractivity contribution >= 4 is 29.1 Å². The quantitative estimate of drug-likeness (QED) is 0.657. The van der Waals surface area contributed by atoms with Crippen molar-refractivity contribution in [1.82, 2.24) is 9.55 Å². The van der Waals surface area contributed by atoms with Crippen LogP contribution < -0.4 is 5.32 Å². The van der Waals surface area contributed by atoms with E-state index in [1.54, 1.807) is 30.5 Å². The molecule has 0 aliphatic carbocycles. The molecule has 1 aromatic carbocycles. The summed E-state index contributed by atoms with van der Waals surface area (Å²) in [4.78, 5) is 27.8. The first-order valence-corrected chi connectivity index (χ1v) is 7.95. The predicted octanol–water partition coefficient (Wildman–Crippen LogP) is 3.13. The fourth-order valence-corrected chi connectivity index (χ4v) is 2.86. The molecule has 0 unspecified atom stereocenters. The predicted molar refractivity (Wildman–Crippen MR) is 88.2 cm³/mol. The zero-order valence-corrected chi connectivity index (χ0v) is 13.7. The standard InChI is InChI=1S/C16H19N3O2S/c1-4-14(22-16-17-9-10-19(16)3)15(21)18-13-7-5-12(6-8-13)11(2)20/h5-10,14H,4H2,1-3H3,(H,18,21)/t14-/m0/s1. The van der Waals surface area contributed by atoms with Crippen molar-refractivity contribution in [3.05, 3.63) is 42.2 Å². The highest BCUT2D eigenvalue weighted by molar-refractivity contribution is 8.00. The number of aromatic nitrogens is 2. The molecular formula is C16H19N3O2S. The van der Waals surface area contributed by atoms with E-state index in [4.69, 9.17) is 0 Å². The van der Waals surface area contributed by atoms with Crippen LogP contribution in [0.15, 0.2) is 41.8 Å². The summed E-state index contributed by atoms with van der Waals surface area (Å²) in [6, 6.07) is 6.91. The van der Waals surface area contributed by atoms with Gasteiger partial charge in [-0.3, -0.25) is 9.59 Å². The normalized spacial score (nSPS) is 12.0. The lowest BCUT2D eigenvalue weighted by molar-refractivity contribution is -0.115. The van der Waals surface area contributed by atoms with Crippen LogP contribution in [0.3, 0.4) is 0 Å². The van der Waals surface area contributed by atoms with Gasteiger partial charge in [0.25, 0.3) is 0 Å². The first-order valence-electron chi connectivity index (χ1n) is 7.07. The first-order chi connectivity index (χ1) is 10.5. The second-order valence-electron chi connectivity index (χ2n) is 4.96. The van der Waals surface area contributed by atoms with Crippen LogP contribution in [0.1, 0.15) is 30.6 Å². The maximum absolute atomic E-state index is 12.4. The van der Waals surface area contributed by atoms with Gasteiger partial charge < -0.3 is 9.88 Å². The molecule has 1 amide bonds. The van der Waals surface area contributed by atoms with Gasteiger partial charge in [-0.15, -0.1) is 0 Å². The summed E-state index contributed by atoms with van der Waals surface area (Å²) in [6.45, 7) is 3.49. The third-order valence-corrected chi connectivity index (χ3v) is 4.68. The number of nitrogens with zero attached hydrogens (tertiary/aromatic N) is 2. The molecule has 5 nitrogen and oxygen atoms in total. The zero-order valence-electron chi connectivity index (χ0n) is 12.9. The Bertz CT molecular complexity index is 664. The molecule has 2 aromatic rings. The molecule has 1 atom stereocenters. The van der Waals surface area contributed by atoms with Crippen LogP contribution in [0.2, 0.25) is 0 Å². The molecule has 0 spiro atoms. The second kappa shape index (κ2) is 7.26. The van der Waals surface area contributed by atoms with Crippen molar-refractivity contribution < 1.29 is 9.59 Å². The van der Waals surface area contributed by atoms with E-state index in [2.05, 4.69) is 10.3 Å². The van der Waals surface area contributed by atoms with E-state index in [9.17, 15) is 9.59 Å². The van der Waals surface area contributed by atoms with E-state index in [1.165, 1.54) is 18.7 Å². The van der Waals surface area contributed by atoms with Gasteiger partial charge in [-0.25, -0.2) is 4.98 Å². The summed E-state index contributed by atoms with van der Waals surface area (Å²) in [6.07, 6.45) is 4.27. The molecule has 0 saturated carbocycles. The summed E-state index contributed by atoms with van der Waals surface area (Å²) in [5.74, 6) is -0.0549. The summed E-state index contributed by atoms with van der Waals surface area (Å²) in [5, 5.41) is 3.48. The van der Waals surface area contributed by atoms with Crippen LogP contribution in [0.25, 0.3) is 0 Å². The highest BCUT2D eigenvalue weighted by Crippen LogP contribution is 2.24. The monoisotopic (exact) mass is 317 g/mol. The molecule has 2 rings (SSSR count). The van der Waals surface area contributed by atoms with Gasteiger partial charge in [0.05, 0.1) is 5.25 Å². The van der Waals surface area contributed by atoms with E-state index < -0.39 is 0 Å².